The maximum atomic E-state index is 13.1. The van der Waals surface area contributed by atoms with Crippen LogP contribution in [0.1, 0.15) is 33.6 Å². The van der Waals surface area contributed by atoms with E-state index in [1.807, 2.05) is 49.1 Å². The number of hydrogen-bond acceptors (Lipinski definition) is 4. The first-order chi connectivity index (χ1) is 15.0. The summed E-state index contributed by atoms with van der Waals surface area (Å²) in [5.41, 5.74) is 7.40. The molecule has 1 aliphatic heterocycles. The summed E-state index contributed by atoms with van der Waals surface area (Å²) in [6.45, 7) is 7.42. The molecule has 0 fully saturated rings. The van der Waals surface area contributed by atoms with Crippen LogP contribution in [0.25, 0.3) is 17.2 Å². The number of carbonyl (C=O) groups excluding carboxylic acids is 1. The van der Waals surface area contributed by atoms with E-state index in [2.05, 4.69) is 40.2 Å². The van der Waals surface area contributed by atoms with Crippen molar-refractivity contribution in [1.82, 2.24) is 24.5 Å². The highest BCUT2D eigenvalue weighted by molar-refractivity contribution is 5.79. The molecule has 31 heavy (non-hydrogen) atoms. The number of fused-ring (bicyclic) bond motifs is 2. The second kappa shape index (κ2) is 7.61. The molecule has 0 bridgehead atoms. The molecular formula is C25H25N5O. The van der Waals surface area contributed by atoms with E-state index in [1.165, 1.54) is 16.7 Å². The van der Waals surface area contributed by atoms with Crippen LogP contribution in [0.3, 0.4) is 0 Å². The summed E-state index contributed by atoms with van der Waals surface area (Å²) in [6.07, 6.45) is 1.22. The van der Waals surface area contributed by atoms with Crippen molar-refractivity contribution in [3.63, 3.8) is 0 Å². The quantitative estimate of drug-likeness (QED) is 0.514. The molecular weight excluding hydrogens is 386 g/mol. The van der Waals surface area contributed by atoms with Gasteiger partial charge in [-0.2, -0.15) is 4.98 Å². The second-order valence-corrected chi connectivity index (χ2v) is 8.29. The van der Waals surface area contributed by atoms with Crippen LogP contribution in [0.15, 0.2) is 48.5 Å². The minimum absolute atomic E-state index is 0.126. The van der Waals surface area contributed by atoms with Crippen molar-refractivity contribution in [2.24, 2.45) is 0 Å². The van der Waals surface area contributed by atoms with Gasteiger partial charge in [0.1, 0.15) is 0 Å². The van der Waals surface area contributed by atoms with Crippen LogP contribution in [-0.4, -0.2) is 36.9 Å². The number of hydrogen-bond donors (Lipinski definition) is 0. The lowest BCUT2D eigenvalue weighted by Crippen LogP contribution is -2.37. The summed E-state index contributed by atoms with van der Waals surface area (Å²) >= 11 is 0. The number of aryl methyl sites for hydroxylation is 3. The topological polar surface area (TPSA) is 63.4 Å². The van der Waals surface area contributed by atoms with Crippen LogP contribution in [0.4, 0.5) is 0 Å². The van der Waals surface area contributed by atoms with Gasteiger partial charge in [-0.05, 0) is 38.3 Å². The lowest BCUT2D eigenvalue weighted by atomic mass is 9.99. The molecule has 5 rings (SSSR count). The number of aromatic nitrogens is 4. The lowest BCUT2D eigenvalue weighted by Gasteiger charge is -2.29. The van der Waals surface area contributed by atoms with Crippen LogP contribution < -0.4 is 0 Å². The molecule has 0 radical (unpaired) electrons. The van der Waals surface area contributed by atoms with Crippen LogP contribution >= 0.6 is 0 Å². The van der Waals surface area contributed by atoms with Gasteiger partial charge in [-0.25, -0.2) is 9.50 Å². The average Bonchev–Trinajstić information content (AvgIpc) is 3.20. The zero-order chi connectivity index (χ0) is 21.5. The normalized spacial score (nSPS) is 13.5. The number of carbonyl (C=O) groups is 1. The maximum absolute atomic E-state index is 13.1. The third-order valence-electron chi connectivity index (χ3n) is 6.17. The van der Waals surface area contributed by atoms with Crippen molar-refractivity contribution >= 4 is 11.7 Å². The smallest absolute Gasteiger partial charge is 0.253 e. The van der Waals surface area contributed by atoms with E-state index in [9.17, 15) is 4.79 Å². The van der Waals surface area contributed by atoms with Gasteiger partial charge in [0.25, 0.3) is 5.78 Å². The van der Waals surface area contributed by atoms with Gasteiger partial charge < -0.3 is 4.90 Å². The van der Waals surface area contributed by atoms with Crippen molar-refractivity contribution in [2.75, 3.05) is 6.54 Å². The molecule has 0 saturated carbocycles. The Morgan fingerprint density at radius 3 is 2.48 bits per heavy atom. The molecule has 2 aromatic carbocycles. The van der Waals surface area contributed by atoms with Gasteiger partial charge in [0.05, 0.1) is 6.42 Å². The Kier molecular flexibility index (Phi) is 4.77. The Hall–Kier alpha value is -3.54. The van der Waals surface area contributed by atoms with Crippen LogP contribution in [0.2, 0.25) is 0 Å². The van der Waals surface area contributed by atoms with Gasteiger partial charge in [-0.15, -0.1) is 5.10 Å². The minimum atomic E-state index is 0.126. The highest BCUT2D eigenvalue weighted by Gasteiger charge is 2.23. The molecule has 0 N–H and O–H groups in total. The van der Waals surface area contributed by atoms with E-state index in [0.29, 0.717) is 24.6 Å². The van der Waals surface area contributed by atoms with Gasteiger partial charge in [-0.3, -0.25) is 4.79 Å². The van der Waals surface area contributed by atoms with Gasteiger partial charge in [-0.1, -0.05) is 54.1 Å². The zero-order valence-corrected chi connectivity index (χ0v) is 18.1. The molecule has 0 aliphatic carbocycles. The van der Waals surface area contributed by atoms with E-state index >= 15 is 0 Å². The van der Waals surface area contributed by atoms with Crippen molar-refractivity contribution < 1.29 is 4.79 Å². The third-order valence-corrected chi connectivity index (χ3v) is 6.17. The summed E-state index contributed by atoms with van der Waals surface area (Å²) in [5, 5.41) is 4.68. The van der Waals surface area contributed by atoms with Gasteiger partial charge in [0.15, 0.2) is 5.82 Å². The fraction of sp³-hybridized carbons (Fsp3) is 0.280. The largest absolute Gasteiger partial charge is 0.338 e. The Bertz CT molecular complexity index is 1290. The van der Waals surface area contributed by atoms with Gasteiger partial charge >= 0.3 is 0 Å². The standard InChI is InChI=1S/C25H25N5O/c1-16-8-10-20(11-9-16)24-27-25-26-17(2)22(18(3)30(25)28-24)14-23(31)29-13-12-19-6-4-5-7-21(19)15-29/h4-11H,12-15H2,1-3H3. The summed E-state index contributed by atoms with van der Waals surface area (Å²) < 4.78 is 1.76. The molecule has 1 aliphatic rings. The van der Waals surface area contributed by atoms with E-state index in [1.54, 1.807) is 4.52 Å². The molecule has 0 atom stereocenters. The SMILES string of the molecule is Cc1ccc(-c2nc3nc(C)c(CC(=O)N4CCc5ccccc5C4)c(C)n3n2)cc1. The first-order valence-corrected chi connectivity index (χ1v) is 10.6. The second-order valence-electron chi connectivity index (χ2n) is 8.29. The first kappa shape index (κ1) is 19.4. The van der Waals surface area contributed by atoms with Crippen LogP contribution in [0, 0.1) is 20.8 Å². The predicted octanol–water partition coefficient (Wildman–Crippen LogP) is 3.84. The molecule has 0 unspecified atom stereocenters. The monoisotopic (exact) mass is 411 g/mol. The highest BCUT2D eigenvalue weighted by Crippen LogP contribution is 2.22. The molecule has 0 saturated heterocycles. The number of benzene rings is 2. The van der Waals surface area contributed by atoms with Gasteiger partial charge in [0.2, 0.25) is 5.91 Å². The average molecular weight is 412 g/mol. The molecule has 1 amide bonds. The van der Waals surface area contributed by atoms with Crippen molar-refractivity contribution in [2.45, 2.75) is 40.2 Å². The summed E-state index contributed by atoms with van der Waals surface area (Å²) in [5.74, 6) is 1.33. The lowest BCUT2D eigenvalue weighted by molar-refractivity contribution is -0.131. The third kappa shape index (κ3) is 3.58. The molecule has 156 valence electrons. The Labute approximate surface area is 181 Å². The number of amides is 1. The summed E-state index contributed by atoms with van der Waals surface area (Å²) in [4.78, 5) is 24.3. The van der Waals surface area contributed by atoms with Crippen LogP contribution in [-0.2, 0) is 24.2 Å². The molecule has 0 spiro atoms. The number of rotatable bonds is 3. The molecule has 3 heterocycles. The fourth-order valence-corrected chi connectivity index (χ4v) is 4.26. The highest BCUT2D eigenvalue weighted by atomic mass is 16.2. The van der Waals surface area contributed by atoms with Crippen molar-refractivity contribution in [3.8, 4) is 11.4 Å². The minimum Gasteiger partial charge on any atom is -0.338 e. The Morgan fingerprint density at radius 2 is 1.71 bits per heavy atom. The van der Waals surface area contributed by atoms with Crippen LogP contribution in [0.5, 0.6) is 0 Å². The van der Waals surface area contributed by atoms with E-state index in [4.69, 9.17) is 0 Å². The predicted molar refractivity (Wildman–Crippen MR) is 120 cm³/mol. The fourth-order valence-electron chi connectivity index (χ4n) is 4.26. The summed E-state index contributed by atoms with van der Waals surface area (Å²) in [7, 11) is 0. The molecule has 2 aromatic heterocycles. The zero-order valence-electron chi connectivity index (χ0n) is 18.1. The van der Waals surface area contributed by atoms with Crippen molar-refractivity contribution in [3.05, 3.63) is 82.2 Å². The molecule has 6 heteroatoms. The summed E-state index contributed by atoms with van der Waals surface area (Å²) in [6, 6.07) is 16.5. The van der Waals surface area contributed by atoms with Gasteiger partial charge in [0, 0.05) is 35.6 Å². The molecule has 6 nitrogen and oxygen atoms in total. The number of nitrogens with zero attached hydrogens (tertiary/aromatic N) is 5. The van der Waals surface area contributed by atoms with E-state index < -0.39 is 0 Å². The maximum Gasteiger partial charge on any atom is 0.253 e. The van der Waals surface area contributed by atoms with E-state index in [0.717, 1.165) is 35.5 Å². The van der Waals surface area contributed by atoms with Crippen molar-refractivity contribution in [1.29, 1.82) is 0 Å². The Morgan fingerprint density at radius 1 is 0.968 bits per heavy atom. The molecule has 4 aromatic rings. The van der Waals surface area contributed by atoms with E-state index in [-0.39, 0.29) is 5.91 Å². The Balaban J connectivity index is 1.43. The first-order valence-electron chi connectivity index (χ1n) is 10.6.